The summed E-state index contributed by atoms with van der Waals surface area (Å²) < 4.78 is 11.8. The molecule has 0 saturated carbocycles. The SMILES string of the molecule is CCOc1ccc(N2C(=O)[C@H]3[C@@H](C2=O)C2(O[C@H]3c3ccc(C)cc3)C(=O)c3ccccc3C2=O)cc1. The van der Waals surface area contributed by atoms with Crippen LogP contribution < -0.4 is 9.64 Å². The van der Waals surface area contributed by atoms with Crippen LogP contribution in [0, 0.1) is 18.8 Å². The highest BCUT2D eigenvalue weighted by Crippen LogP contribution is 2.57. The molecule has 3 atom stereocenters. The Morgan fingerprint density at radius 3 is 2.03 bits per heavy atom. The van der Waals surface area contributed by atoms with Crippen LogP contribution in [-0.4, -0.2) is 35.6 Å². The lowest BCUT2D eigenvalue weighted by Gasteiger charge is -2.27. The Balaban J connectivity index is 1.49. The summed E-state index contributed by atoms with van der Waals surface area (Å²) >= 11 is 0. The van der Waals surface area contributed by atoms with Crippen LogP contribution in [0.2, 0.25) is 0 Å². The van der Waals surface area contributed by atoms with E-state index in [0.29, 0.717) is 23.6 Å². The number of benzene rings is 3. The van der Waals surface area contributed by atoms with Crippen molar-refractivity contribution in [2.45, 2.75) is 25.6 Å². The van der Waals surface area contributed by atoms with Gasteiger partial charge in [0, 0.05) is 11.1 Å². The number of ketones is 2. The van der Waals surface area contributed by atoms with Gasteiger partial charge in [-0.1, -0.05) is 54.1 Å². The van der Waals surface area contributed by atoms with Gasteiger partial charge < -0.3 is 9.47 Å². The van der Waals surface area contributed by atoms with Gasteiger partial charge in [0.05, 0.1) is 30.2 Å². The van der Waals surface area contributed by atoms with E-state index in [9.17, 15) is 19.2 Å². The summed E-state index contributed by atoms with van der Waals surface area (Å²) in [4.78, 5) is 56.4. The number of amides is 2. The van der Waals surface area contributed by atoms with Gasteiger partial charge in [-0.2, -0.15) is 0 Å². The van der Waals surface area contributed by atoms with Crippen LogP contribution in [-0.2, 0) is 14.3 Å². The standard InChI is InChI=1S/C29H23NO6/c1-3-35-19-14-12-18(13-15-19)30-27(33)22-23(28(30)34)29(36-24(22)17-10-8-16(2)9-11-17)25(31)20-6-4-5-7-21(20)26(29)32/h4-15,22-24H,3H2,1-2H3/t22-,23-,24-/m0/s1. The highest BCUT2D eigenvalue weighted by atomic mass is 16.5. The lowest BCUT2D eigenvalue weighted by Crippen LogP contribution is -2.51. The van der Waals surface area contributed by atoms with Gasteiger partial charge in [-0.15, -0.1) is 0 Å². The first-order valence-electron chi connectivity index (χ1n) is 11.9. The van der Waals surface area contributed by atoms with Crippen molar-refractivity contribution in [3.8, 4) is 5.75 Å². The molecular weight excluding hydrogens is 458 g/mol. The highest BCUT2D eigenvalue weighted by molar-refractivity contribution is 6.37. The van der Waals surface area contributed by atoms with Gasteiger partial charge >= 0.3 is 0 Å². The van der Waals surface area contributed by atoms with Crippen LogP contribution in [0.5, 0.6) is 5.75 Å². The van der Waals surface area contributed by atoms with Crippen molar-refractivity contribution in [2.75, 3.05) is 11.5 Å². The molecule has 0 N–H and O–H groups in total. The smallest absolute Gasteiger partial charge is 0.241 e. The molecule has 1 aliphatic carbocycles. The number of hydrogen-bond donors (Lipinski definition) is 0. The predicted octanol–water partition coefficient (Wildman–Crippen LogP) is 4.09. The van der Waals surface area contributed by atoms with E-state index < -0.39 is 46.9 Å². The van der Waals surface area contributed by atoms with Crippen LogP contribution in [0.1, 0.15) is 44.9 Å². The third kappa shape index (κ3) is 2.89. The Morgan fingerprint density at radius 2 is 1.44 bits per heavy atom. The Hall–Kier alpha value is -4.10. The number of hydrogen-bond acceptors (Lipinski definition) is 6. The van der Waals surface area contributed by atoms with Crippen molar-refractivity contribution in [1.29, 1.82) is 0 Å². The lowest BCUT2D eigenvalue weighted by atomic mass is 9.77. The number of fused-ring (bicyclic) bond motifs is 3. The number of aryl methyl sites for hydroxylation is 1. The molecule has 3 aromatic carbocycles. The zero-order chi connectivity index (χ0) is 25.2. The number of anilines is 1. The normalized spacial score (nSPS) is 23.9. The minimum absolute atomic E-state index is 0.213. The van der Waals surface area contributed by atoms with E-state index in [1.54, 1.807) is 48.5 Å². The number of rotatable bonds is 4. The maximum atomic E-state index is 13.9. The average Bonchev–Trinajstić information content (AvgIpc) is 3.45. The van der Waals surface area contributed by atoms with Gasteiger partial charge in [0.2, 0.25) is 29.0 Å². The van der Waals surface area contributed by atoms with Gasteiger partial charge in [-0.25, -0.2) is 4.90 Å². The third-order valence-corrected chi connectivity index (χ3v) is 7.33. The lowest BCUT2D eigenvalue weighted by molar-refractivity contribution is -0.127. The van der Waals surface area contributed by atoms with E-state index in [0.717, 1.165) is 10.5 Å². The van der Waals surface area contributed by atoms with Crippen LogP contribution >= 0.6 is 0 Å². The number of carbonyl (C=O) groups is 4. The Labute approximate surface area is 207 Å². The molecular formula is C29H23NO6. The average molecular weight is 482 g/mol. The van der Waals surface area contributed by atoms with E-state index in [-0.39, 0.29) is 11.1 Å². The van der Waals surface area contributed by atoms with E-state index >= 15 is 0 Å². The highest BCUT2D eigenvalue weighted by Gasteiger charge is 2.74. The van der Waals surface area contributed by atoms with Gasteiger partial charge in [0.15, 0.2) is 0 Å². The minimum Gasteiger partial charge on any atom is -0.494 e. The van der Waals surface area contributed by atoms with E-state index in [1.165, 1.54) is 0 Å². The van der Waals surface area contributed by atoms with Gasteiger partial charge in [-0.05, 0) is 43.7 Å². The Morgan fingerprint density at radius 1 is 0.833 bits per heavy atom. The van der Waals surface area contributed by atoms with Crippen LogP contribution in [0.4, 0.5) is 5.69 Å². The molecule has 3 aliphatic rings. The zero-order valence-electron chi connectivity index (χ0n) is 19.8. The van der Waals surface area contributed by atoms with Crippen molar-refractivity contribution in [1.82, 2.24) is 0 Å². The number of imide groups is 1. The molecule has 7 nitrogen and oxygen atoms in total. The summed E-state index contributed by atoms with van der Waals surface area (Å²) in [5, 5.41) is 0. The van der Waals surface area contributed by atoms with Gasteiger partial charge in [0.1, 0.15) is 5.75 Å². The van der Waals surface area contributed by atoms with E-state index in [2.05, 4.69) is 0 Å². The maximum absolute atomic E-state index is 13.9. The summed E-state index contributed by atoms with van der Waals surface area (Å²) in [5.41, 5.74) is 0.357. The van der Waals surface area contributed by atoms with Gasteiger partial charge in [-0.3, -0.25) is 19.2 Å². The van der Waals surface area contributed by atoms with Crippen molar-refractivity contribution in [3.05, 3.63) is 95.1 Å². The number of nitrogens with zero attached hydrogens (tertiary/aromatic N) is 1. The molecule has 36 heavy (non-hydrogen) atoms. The number of carbonyl (C=O) groups excluding carboxylic acids is 4. The fraction of sp³-hybridized carbons (Fsp3) is 0.241. The molecule has 2 saturated heterocycles. The zero-order valence-corrected chi connectivity index (χ0v) is 19.8. The minimum atomic E-state index is -2.07. The second kappa shape index (κ2) is 7.96. The van der Waals surface area contributed by atoms with Gasteiger partial charge in [0.25, 0.3) is 0 Å². The Bertz CT molecular complexity index is 1390. The number of Topliss-reactive ketones (excluding diaryl/α,β-unsaturated/α-hetero) is 2. The van der Waals surface area contributed by atoms with E-state index in [4.69, 9.17) is 9.47 Å². The fourth-order valence-corrected chi connectivity index (χ4v) is 5.69. The molecule has 3 aromatic rings. The molecule has 7 heteroatoms. The molecule has 0 bridgehead atoms. The van der Waals surface area contributed by atoms with Crippen LogP contribution in [0.25, 0.3) is 0 Å². The molecule has 2 aliphatic heterocycles. The maximum Gasteiger partial charge on any atom is 0.241 e. The molecule has 6 rings (SSSR count). The van der Waals surface area contributed by atoms with Crippen LogP contribution in [0.3, 0.4) is 0 Å². The molecule has 0 radical (unpaired) electrons. The summed E-state index contributed by atoms with van der Waals surface area (Å²) in [6, 6.07) is 20.4. The molecule has 2 fully saturated rings. The molecule has 180 valence electrons. The quantitative estimate of drug-likeness (QED) is 0.412. The fourth-order valence-electron chi connectivity index (χ4n) is 5.69. The van der Waals surface area contributed by atoms with Crippen molar-refractivity contribution in [2.24, 2.45) is 11.8 Å². The summed E-state index contributed by atoms with van der Waals surface area (Å²) in [5.74, 6) is -3.92. The molecule has 0 aromatic heterocycles. The second-order valence-electron chi connectivity index (χ2n) is 9.33. The molecule has 0 unspecified atom stereocenters. The molecule has 2 amide bonds. The molecule has 2 heterocycles. The van der Waals surface area contributed by atoms with Crippen LogP contribution in [0.15, 0.2) is 72.8 Å². The first-order chi connectivity index (χ1) is 17.4. The summed E-state index contributed by atoms with van der Waals surface area (Å²) in [6.07, 6.45) is -0.929. The largest absolute Gasteiger partial charge is 0.494 e. The van der Waals surface area contributed by atoms with Crippen molar-refractivity contribution < 1.29 is 28.7 Å². The third-order valence-electron chi connectivity index (χ3n) is 7.33. The second-order valence-corrected chi connectivity index (χ2v) is 9.33. The number of ether oxygens (including phenoxy) is 2. The summed E-state index contributed by atoms with van der Waals surface area (Å²) in [6.45, 7) is 4.27. The Kier molecular flexibility index (Phi) is 4.95. The van der Waals surface area contributed by atoms with E-state index in [1.807, 2.05) is 38.1 Å². The summed E-state index contributed by atoms with van der Waals surface area (Å²) in [7, 11) is 0. The topological polar surface area (TPSA) is 90.0 Å². The first kappa shape index (κ1) is 22.4. The first-order valence-corrected chi connectivity index (χ1v) is 11.9. The molecule has 1 spiro atoms. The predicted molar refractivity (Wildman–Crippen MR) is 130 cm³/mol. The monoisotopic (exact) mass is 481 g/mol. The van der Waals surface area contributed by atoms with Crippen molar-refractivity contribution in [3.63, 3.8) is 0 Å². The van der Waals surface area contributed by atoms with Crippen molar-refractivity contribution >= 4 is 29.1 Å².